The highest BCUT2D eigenvalue weighted by Gasteiger charge is 2.17. The average Bonchev–Trinajstić information content (AvgIpc) is 2.39. The number of carbonyl (C=O) groups is 2. The SMILES string of the molecule is O=C(O)c1cc(Cl)ccc1C(=O)c1ccccc1. The minimum atomic E-state index is -1.17. The number of benzene rings is 2. The van der Waals surface area contributed by atoms with Crippen LogP contribution in [0.2, 0.25) is 5.02 Å². The number of rotatable bonds is 3. The number of hydrogen-bond donors (Lipinski definition) is 1. The van der Waals surface area contributed by atoms with Gasteiger partial charge in [-0.3, -0.25) is 4.79 Å². The van der Waals surface area contributed by atoms with E-state index in [0.717, 1.165) is 0 Å². The Kier molecular flexibility index (Phi) is 3.44. The zero-order valence-corrected chi connectivity index (χ0v) is 10.0. The van der Waals surface area contributed by atoms with Crippen molar-refractivity contribution in [2.75, 3.05) is 0 Å². The fourth-order valence-corrected chi connectivity index (χ4v) is 1.81. The molecule has 0 bridgehead atoms. The van der Waals surface area contributed by atoms with Gasteiger partial charge in [0, 0.05) is 16.1 Å². The molecule has 0 radical (unpaired) electrons. The summed E-state index contributed by atoms with van der Waals surface area (Å²) in [5.41, 5.74) is 0.497. The topological polar surface area (TPSA) is 54.4 Å². The molecular formula is C14H9ClO3. The van der Waals surface area contributed by atoms with Gasteiger partial charge in [0.15, 0.2) is 5.78 Å². The first kappa shape index (κ1) is 12.3. The van der Waals surface area contributed by atoms with Crippen molar-refractivity contribution >= 4 is 23.4 Å². The Bertz CT molecular complexity index is 606. The Labute approximate surface area is 109 Å². The second-order valence-corrected chi connectivity index (χ2v) is 4.13. The van der Waals surface area contributed by atoms with Crippen LogP contribution in [0.5, 0.6) is 0 Å². The third kappa shape index (κ3) is 2.41. The molecule has 2 aromatic rings. The van der Waals surface area contributed by atoms with Gasteiger partial charge in [-0.2, -0.15) is 0 Å². The average molecular weight is 261 g/mol. The quantitative estimate of drug-likeness (QED) is 0.862. The van der Waals surface area contributed by atoms with Gasteiger partial charge in [-0.15, -0.1) is 0 Å². The molecule has 0 aliphatic heterocycles. The van der Waals surface area contributed by atoms with Crippen molar-refractivity contribution in [3.05, 3.63) is 70.2 Å². The standard InChI is InChI=1S/C14H9ClO3/c15-10-6-7-11(12(8-10)14(17)18)13(16)9-4-2-1-3-5-9/h1-8H,(H,17,18). The Balaban J connectivity index is 2.52. The molecule has 0 unspecified atom stereocenters. The molecular weight excluding hydrogens is 252 g/mol. The molecule has 90 valence electrons. The number of carbonyl (C=O) groups excluding carboxylic acids is 1. The van der Waals surface area contributed by atoms with E-state index in [4.69, 9.17) is 16.7 Å². The summed E-state index contributed by atoms with van der Waals surface area (Å²) in [6.45, 7) is 0. The Morgan fingerprint density at radius 1 is 0.944 bits per heavy atom. The fraction of sp³-hybridized carbons (Fsp3) is 0. The number of aromatic carboxylic acids is 1. The van der Waals surface area contributed by atoms with E-state index in [2.05, 4.69) is 0 Å². The van der Waals surface area contributed by atoms with Crippen LogP contribution in [0.1, 0.15) is 26.3 Å². The predicted octanol–water partition coefficient (Wildman–Crippen LogP) is 3.27. The largest absolute Gasteiger partial charge is 0.478 e. The first-order valence-electron chi connectivity index (χ1n) is 5.22. The third-order valence-corrected chi connectivity index (χ3v) is 2.73. The summed E-state index contributed by atoms with van der Waals surface area (Å²) in [7, 11) is 0. The van der Waals surface area contributed by atoms with Crippen molar-refractivity contribution in [3.63, 3.8) is 0 Å². The molecule has 3 nitrogen and oxygen atoms in total. The van der Waals surface area contributed by atoms with Crippen LogP contribution in [0.4, 0.5) is 0 Å². The molecule has 0 amide bonds. The highest BCUT2D eigenvalue weighted by Crippen LogP contribution is 2.19. The van der Waals surface area contributed by atoms with Gasteiger partial charge >= 0.3 is 5.97 Å². The van der Waals surface area contributed by atoms with E-state index in [1.807, 2.05) is 0 Å². The number of carboxylic acid groups (broad SMARTS) is 1. The first-order valence-corrected chi connectivity index (χ1v) is 5.60. The molecule has 18 heavy (non-hydrogen) atoms. The van der Waals surface area contributed by atoms with Crippen molar-refractivity contribution in [1.82, 2.24) is 0 Å². The van der Waals surface area contributed by atoms with Gasteiger partial charge in [0.25, 0.3) is 0 Å². The van der Waals surface area contributed by atoms with Crippen LogP contribution in [0.25, 0.3) is 0 Å². The van der Waals surface area contributed by atoms with Gasteiger partial charge in [-0.1, -0.05) is 41.9 Å². The van der Waals surface area contributed by atoms with Crippen molar-refractivity contribution in [2.45, 2.75) is 0 Å². The van der Waals surface area contributed by atoms with Crippen LogP contribution in [-0.2, 0) is 0 Å². The van der Waals surface area contributed by atoms with Crippen LogP contribution in [0.15, 0.2) is 48.5 Å². The van der Waals surface area contributed by atoms with E-state index in [0.29, 0.717) is 5.56 Å². The lowest BCUT2D eigenvalue weighted by Crippen LogP contribution is -2.09. The van der Waals surface area contributed by atoms with Gasteiger partial charge in [0.05, 0.1) is 5.56 Å². The lowest BCUT2D eigenvalue weighted by Gasteiger charge is -2.05. The summed E-state index contributed by atoms with van der Waals surface area (Å²) in [4.78, 5) is 23.3. The minimum absolute atomic E-state index is 0.0867. The Morgan fingerprint density at radius 2 is 1.61 bits per heavy atom. The molecule has 0 heterocycles. The van der Waals surface area contributed by atoms with E-state index >= 15 is 0 Å². The van der Waals surface area contributed by atoms with Crippen LogP contribution in [0, 0.1) is 0 Å². The molecule has 0 spiro atoms. The van der Waals surface area contributed by atoms with Gasteiger partial charge in [-0.25, -0.2) is 4.79 Å². The summed E-state index contributed by atoms with van der Waals surface area (Å²) < 4.78 is 0. The van der Waals surface area contributed by atoms with E-state index in [1.165, 1.54) is 18.2 Å². The molecule has 0 fully saturated rings. The van der Waals surface area contributed by atoms with Crippen molar-refractivity contribution in [2.24, 2.45) is 0 Å². The fourth-order valence-electron chi connectivity index (χ4n) is 1.64. The summed E-state index contributed by atoms with van der Waals surface area (Å²) in [6, 6.07) is 12.7. The first-order chi connectivity index (χ1) is 8.59. The summed E-state index contributed by atoms with van der Waals surface area (Å²) >= 11 is 5.74. The second kappa shape index (κ2) is 5.02. The van der Waals surface area contributed by atoms with Gasteiger partial charge in [0.2, 0.25) is 0 Å². The van der Waals surface area contributed by atoms with Gasteiger partial charge in [-0.05, 0) is 18.2 Å². The lowest BCUT2D eigenvalue weighted by atomic mass is 9.98. The molecule has 4 heteroatoms. The van der Waals surface area contributed by atoms with E-state index < -0.39 is 5.97 Å². The van der Waals surface area contributed by atoms with Crippen molar-refractivity contribution in [3.8, 4) is 0 Å². The van der Waals surface area contributed by atoms with Crippen LogP contribution >= 0.6 is 11.6 Å². The number of carboxylic acids is 1. The Morgan fingerprint density at radius 3 is 2.22 bits per heavy atom. The van der Waals surface area contributed by atoms with Gasteiger partial charge < -0.3 is 5.11 Å². The van der Waals surface area contributed by atoms with Crippen LogP contribution in [-0.4, -0.2) is 16.9 Å². The molecule has 1 N–H and O–H groups in total. The maximum Gasteiger partial charge on any atom is 0.336 e. The minimum Gasteiger partial charge on any atom is -0.478 e. The number of halogens is 1. The highest BCUT2D eigenvalue weighted by molar-refractivity contribution is 6.31. The highest BCUT2D eigenvalue weighted by atomic mass is 35.5. The molecule has 0 atom stereocenters. The maximum absolute atomic E-state index is 12.2. The number of hydrogen-bond acceptors (Lipinski definition) is 2. The van der Waals surface area contributed by atoms with Crippen LogP contribution in [0.3, 0.4) is 0 Å². The summed E-state index contributed by atoms with van der Waals surface area (Å²) in [5, 5.41) is 9.36. The molecule has 0 saturated heterocycles. The number of ketones is 1. The molecule has 0 saturated carbocycles. The van der Waals surface area contributed by atoms with E-state index in [-0.39, 0.29) is 21.9 Å². The zero-order chi connectivity index (χ0) is 13.1. The molecule has 2 rings (SSSR count). The Hall–Kier alpha value is -2.13. The molecule has 0 aliphatic carbocycles. The second-order valence-electron chi connectivity index (χ2n) is 3.69. The zero-order valence-electron chi connectivity index (χ0n) is 9.26. The smallest absolute Gasteiger partial charge is 0.336 e. The van der Waals surface area contributed by atoms with Gasteiger partial charge in [0.1, 0.15) is 0 Å². The molecule has 2 aromatic carbocycles. The lowest BCUT2D eigenvalue weighted by molar-refractivity contribution is 0.0693. The van der Waals surface area contributed by atoms with E-state index in [1.54, 1.807) is 30.3 Å². The predicted molar refractivity (Wildman–Crippen MR) is 68.3 cm³/mol. The third-order valence-electron chi connectivity index (χ3n) is 2.49. The maximum atomic E-state index is 12.2. The monoisotopic (exact) mass is 260 g/mol. The van der Waals surface area contributed by atoms with Crippen molar-refractivity contribution in [1.29, 1.82) is 0 Å². The summed E-state index contributed by atoms with van der Waals surface area (Å²) in [6.07, 6.45) is 0. The molecule has 0 aromatic heterocycles. The van der Waals surface area contributed by atoms with Crippen molar-refractivity contribution < 1.29 is 14.7 Å². The summed E-state index contributed by atoms with van der Waals surface area (Å²) in [5.74, 6) is -1.50. The van der Waals surface area contributed by atoms with E-state index in [9.17, 15) is 9.59 Å². The normalized spacial score (nSPS) is 10.1. The van der Waals surface area contributed by atoms with Crippen LogP contribution < -0.4 is 0 Å². The molecule has 0 aliphatic rings.